The van der Waals surface area contributed by atoms with Crippen molar-refractivity contribution in [1.82, 2.24) is 10.2 Å². The summed E-state index contributed by atoms with van der Waals surface area (Å²) in [6.45, 7) is 5.52. The van der Waals surface area contributed by atoms with Crippen LogP contribution >= 0.6 is 0 Å². The first-order valence-electron chi connectivity index (χ1n) is 12.3. The van der Waals surface area contributed by atoms with Crippen molar-refractivity contribution in [3.05, 3.63) is 72.3 Å². The van der Waals surface area contributed by atoms with Gasteiger partial charge < -0.3 is 25.2 Å². The van der Waals surface area contributed by atoms with Crippen molar-refractivity contribution in [2.75, 3.05) is 56.2 Å². The van der Waals surface area contributed by atoms with Gasteiger partial charge in [0.05, 0.1) is 19.8 Å². The fourth-order valence-electron chi connectivity index (χ4n) is 4.20. The van der Waals surface area contributed by atoms with Crippen molar-refractivity contribution in [3.8, 4) is 0 Å². The van der Waals surface area contributed by atoms with Crippen molar-refractivity contribution in [2.45, 2.75) is 13.3 Å². The van der Waals surface area contributed by atoms with Crippen LogP contribution in [0.2, 0.25) is 0 Å². The van der Waals surface area contributed by atoms with Gasteiger partial charge in [0.2, 0.25) is 11.8 Å². The molecule has 0 bridgehead atoms. The maximum Gasteiger partial charge on any atom is 0.251 e. The van der Waals surface area contributed by atoms with E-state index < -0.39 is 0 Å². The van der Waals surface area contributed by atoms with Crippen LogP contribution in [-0.4, -0.2) is 68.6 Å². The van der Waals surface area contributed by atoms with Gasteiger partial charge in [-0.25, -0.2) is 0 Å². The van der Waals surface area contributed by atoms with Crippen molar-refractivity contribution in [2.24, 2.45) is 0 Å². The number of hydrogen-bond acceptors (Lipinski definition) is 5. The number of carbonyl (C=O) groups excluding carboxylic acids is 3. The molecule has 1 aliphatic rings. The van der Waals surface area contributed by atoms with Gasteiger partial charge in [-0.1, -0.05) is 30.3 Å². The maximum absolute atomic E-state index is 12.7. The number of carbonyl (C=O) groups is 3. The first-order valence-corrected chi connectivity index (χ1v) is 12.3. The van der Waals surface area contributed by atoms with E-state index in [-0.39, 0.29) is 37.2 Å². The van der Waals surface area contributed by atoms with E-state index in [4.69, 9.17) is 4.74 Å². The second-order valence-electron chi connectivity index (χ2n) is 8.67. The Morgan fingerprint density at radius 2 is 1.67 bits per heavy atom. The molecule has 188 valence electrons. The molecule has 1 saturated heterocycles. The van der Waals surface area contributed by atoms with Gasteiger partial charge in [-0.15, -0.1) is 0 Å². The molecule has 4 rings (SSSR count). The Hall–Kier alpha value is -3.91. The van der Waals surface area contributed by atoms with Gasteiger partial charge in [0.25, 0.3) is 5.91 Å². The zero-order valence-electron chi connectivity index (χ0n) is 20.5. The number of likely N-dealkylation sites (N-methyl/N-ethyl adjacent to an activating group) is 1. The van der Waals surface area contributed by atoms with Crippen LogP contribution in [0.3, 0.4) is 0 Å². The SMILES string of the molecule is CCN(CC(=O)Nc1ccc(N2CCOCC2)cc1)C(=O)CCNC(=O)c1ccc2ccccc2c1. The van der Waals surface area contributed by atoms with Crippen LogP contribution in [0.5, 0.6) is 0 Å². The summed E-state index contributed by atoms with van der Waals surface area (Å²) in [6.07, 6.45) is 0.120. The van der Waals surface area contributed by atoms with Crippen LogP contribution in [0.15, 0.2) is 66.7 Å². The monoisotopic (exact) mass is 488 g/mol. The molecule has 3 aromatic rings. The summed E-state index contributed by atoms with van der Waals surface area (Å²) in [5.41, 5.74) is 2.32. The van der Waals surface area contributed by atoms with Gasteiger partial charge in [-0.2, -0.15) is 0 Å². The van der Waals surface area contributed by atoms with Crippen LogP contribution in [0.25, 0.3) is 10.8 Å². The molecule has 0 radical (unpaired) electrons. The van der Waals surface area contributed by atoms with Crippen molar-refractivity contribution in [1.29, 1.82) is 0 Å². The average Bonchev–Trinajstić information content (AvgIpc) is 2.92. The summed E-state index contributed by atoms with van der Waals surface area (Å²) in [4.78, 5) is 41.4. The minimum atomic E-state index is -0.260. The molecule has 8 nitrogen and oxygen atoms in total. The van der Waals surface area contributed by atoms with Gasteiger partial charge in [-0.3, -0.25) is 14.4 Å². The second-order valence-corrected chi connectivity index (χ2v) is 8.67. The zero-order valence-corrected chi connectivity index (χ0v) is 20.5. The number of rotatable bonds is 9. The maximum atomic E-state index is 12.7. The van der Waals surface area contributed by atoms with Crippen LogP contribution in [0.1, 0.15) is 23.7 Å². The summed E-state index contributed by atoms with van der Waals surface area (Å²) in [6, 6.07) is 21.0. The van der Waals surface area contributed by atoms with E-state index in [1.54, 1.807) is 6.07 Å². The molecule has 0 saturated carbocycles. The minimum absolute atomic E-state index is 0.0425. The summed E-state index contributed by atoms with van der Waals surface area (Å²) in [7, 11) is 0. The molecule has 0 aliphatic carbocycles. The molecule has 1 fully saturated rings. The number of benzene rings is 3. The summed E-state index contributed by atoms with van der Waals surface area (Å²) >= 11 is 0. The zero-order chi connectivity index (χ0) is 25.3. The fourth-order valence-corrected chi connectivity index (χ4v) is 4.20. The minimum Gasteiger partial charge on any atom is -0.378 e. The number of nitrogens with zero attached hydrogens (tertiary/aromatic N) is 2. The third-order valence-corrected chi connectivity index (χ3v) is 6.23. The average molecular weight is 489 g/mol. The lowest BCUT2D eigenvalue weighted by molar-refractivity contribution is -0.134. The fraction of sp³-hybridized carbons (Fsp3) is 0.321. The summed E-state index contributed by atoms with van der Waals surface area (Å²) < 4.78 is 5.38. The number of amides is 3. The highest BCUT2D eigenvalue weighted by Crippen LogP contribution is 2.19. The Kier molecular flexibility index (Phi) is 8.52. The highest BCUT2D eigenvalue weighted by molar-refractivity contribution is 5.99. The second kappa shape index (κ2) is 12.2. The van der Waals surface area contributed by atoms with Crippen molar-refractivity contribution >= 4 is 39.9 Å². The van der Waals surface area contributed by atoms with Gasteiger partial charge >= 0.3 is 0 Å². The first-order chi connectivity index (χ1) is 17.5. The molecule has 3 aromatic carbocycles. The highest BCUT2D eigenvalue weighted by Gasteiger charge is 2.17. The number of morpholine rings is 1. The standard InChI is InChI=1S/C28H32N4O4/c1-2-31(20-26(33)30-24-9-11-25(12-10-24)32-15-17-36-18-16-32)27(34)13-14-29-28(35)23-8-7-21-5-3-4-6-22(21)19-23/h3-12,19H,2,13-18,20H2,1H3,(H,29,35)(H,30,33). The number of ether oxygens (including phenoxy) is 1. The van der Waals surface area contributed by atoms with E-state index in [0.717, 1.165) is 29.5 Å². The Morgan fingerprint density at radius 3 is 2.39 bits per heavy atom. The first kappa shape index (κ1) is 25.2. The van der Waals surface area contributed by atoms with E-state index in [1.165, 1.54) is 4.90 Å². The molecule has 0 atom stereocenters. The molecular weight excluding hydrogens is 456 g/mol. The van der Waals surface area contributed by atoms with Crippen LogP contribution in [-0.2, 0) is 14.3 Å². The number of anilines is 2. The molecular formula is C28H32N4O4. The number of nitrogens with one attached hydrogen (secondary N) is 2. The lowest BCUT2D eigenvalue weighted by Crippen LogP contribution is -2.39. The van der Waals surface area contributed by atoms with E-state index >= 15 is 0 Å². The van der Waals surface area contributed by atoms with Crippen molar-refractivity contribution in [3.63, 3.8) is 0 Å². The summed E-state index contributed by atoms with van der Waals surface area (Å²) in [5, 5.41) is 7.71. The topological polar surface area (TPSA) is 91.0 Å². The predicted molar refractivity (Wildman–Crippen MR) is 141 cm³/mol. The van der Waals surface area contributed by atoms with Gasteiger partial charge in [0.15, 0.2) is 0 Å². The quantitative estimate of drug-likeness (QED) is 0.482. The Bertz CT molecular complexity index is 1210. The van der Waals surface area contributed by atoms with Crippen LogP contribution in [0, 0.1) is 0 Å². The van der Waals surface area contributed by atoms with E-state index in [9.17, 15) is 14.4 Å². The predicted octanol–water partition coefficient (Wildman–Crippen LogP) is 3.28. The molecule has 0 spiro atoms. The Labute approximate surface area is 211 Å². The smallest absolute Gasteiger partial charge is 0.251 e. The highest BCUT2D eigenvalue weighted by atomic mass is 16.5. The van der Waals surface area contributed by atoms with E-state index in [0.29, 0.717) is 31.0 Å². The molecule has 8 heteroatoms. The normalized spacial score (nSPS) is 13.3. The van der Waals surface area contributed by atoms with E-state index in [2.05, 4.69) is 15.5 Å². The van der Waals surface area contributed by atoms with E-state index in [1.807, 2.05) is 67.6 Å². The molecule has 1 aliphatic heterocycles. The molecule has 36 heavy (non-hydrogen) atoms. The molecule has 0 unspecified atom stereocenters. The molecule has 3 amide bonds. The Balaban J connectivity index is 1.22. The van der Waals surface area contributed by atoms with Crippen molar-refractivity contribution < 1.29 is 19.1 Å². The lowest BCUT2D eigenvalue weighted by Gasteiger charge is -2.29. The van der Waals surface area contributed by atoms with Gasteiger partial charge in [0.1, 0.15) is 0 Å². The van der Waals surface area contributed by atoms with Gasteiger partial charge in [-0.05, 0) is 54.1 Å². The number of hydrogen-bond donors (Lipinski definition) is 2. The summed E-state index contributed by atoms with van der Waals surface area (Å²) in [5.74, 6) is -0.673. The molecule has 2 N–H and O–H groups in total. The lowest BCUT2D eigenvalue weighted by atomic mass is 10.1. The Morgan fingerprint density at radius 1 is 0.944 bits per heavy atom. The third-order valence-electron chi connectivity index (χ3n) is 6.23. The third kappa shape index (κ3) is 6.60. The molecule has 1 heterocycles. The van der Waals surface area contributed by atoms with Gasteiger partial charge in [0, 0.05) is 49.5 Å². The van der Waals surface area contributed by atoms with Crippen LogP contribution in [0.4, 0.5) is 11.4 Å². The van der Waals surface area contributed by atoms with Crippen LogP contribution < -0.4 is 15.5 Å². The molecule has 0 aromatic heterocycles. The largest absolute Gasteiger partial charge is 0.378 e. The number of fused-ring (bicyclic) bond motifs is 1.